The van der Waals surface area contributed by atoms with E-state index in [2.05, 4.69) is 9.97 Å². The molecule has 1 N–H and O–H groups in total. The van der Waals surface area contributed by atoms with E-state index >= 15 is 0 Å². The van der Waals surface area contributed by atoms with E-state index in [1.807, 2.05) is 18.4 Å². The summed E-state index contributed by atoms with van der Waals surface area (Å²) in [5.74, 6) is -1.37. The first-order chi connectivity index (χ1) is 7.24. The fourth-order valence-electron chi connectivity index (χ4n) is 1.57. The van der Waals surface area contributed by atoms with Gasteiger partial charge in [-0.25, -0.2) is 9.97 Å². The Kier molecular flexibility index (Phi) is 2.64. The molecular formula is C10H10N2O2S. The van der Waals surface area contributed by atoms with Crippen molar-refractivity contribution in [3.8, 4) is 0 Å². The molecule has 15 heavy (non-hydrogen) atoms. The van der Waals surface area contributed by atoms with Crippen LogP contribution >= 0.6 is 11.3 Å². The molecule has 2 aromatic rings. The van der Waals surface area contributed by atoms with Crippen LogP contribution in [0.25, 0.3) is 10.2 Å². The summed E-state index contributed by atoms with van der Waals surface area (Å²) in [6.45, 7) is 1.85. The van der Waals surface area contributed by atoms with Crippen LogP contribution in [-0.2, 0) is 4.79 Å². The first-order valence-electron chi connectivity index (χ1n) is 4.65. The summed E-state index contributed by atoms with van der Waals surface area (Å²) >= 11 is 1.50. The van der Waals surface area contributed by atoms with Crippen molar-refractivity contribution in [3.63, 3.8) is 0 Å². The monoisotopic (exact) mass is 222 g/mol. The van der Waals surface area contributed by atoms with Crippen LogP contribution in [0, 0.1) is 0 Å². The van der Waals surface area contributed by atoms with E-state index in [9.17, 15) is 4.79 Å². The second-order valence-electron chi connectivity index (χ2n) is 3.20. The molecule has 0 saturated carbocycles. The number of aliphatic carboxylic acids is 1. The molecule has 0 amide bonds. The molecule has 2 aromatic heterocycles. The van der Waals surface area contributed by atoms with Crippen molar-refractivity contribution in [2.45, 2.75) is 19.3 Å². The smallest absolute Gasteiger partial charge is 0.312 e. The van der Waals surface area contributed by atoms with Gasteiger partial charge in [-0.15, -0.1) is 11.3 Å². The van der Waals surface area contributed by atoms with Gasteiger partial charge in [0.25, 0.3) is 0 Å². The lowest BCUT2D eigenvalue weighted by molar-refractivity contribution is -0.138. The van der Waals surface area contributed by atoms with Gasteiger partial charge >= 0.3 is 5.97 Å². The average molecular weight is 222 g/mol. The van der Waals surface area contributed by atoms with Crippen molar-refractivity contribution in [3.05, 3.63) is 23.5 Å². The minimum absolute atomic E-state index is 0.537. The topological polar surface area (TPSA) is 63.1 Å². The maximum atomic E-state index is 11.0. The Bertz CT molecular complexity index is 495. The Morgan fingerprint density at radius 1 is 1.60 bits per heavy atom. The lowest BCUT2D eigenvalue weighted by atomic mass is 10.0. The van der Waals surface area contributed by atoms with Gasteiger partial charge in [-0.05, 0) is 17.9 Å². The van der Waals surface area contributed by atoms with Gasteiger partial charge in [-0.3, -0.25) is 4.79 Å². The van der Waals surface area contributed by atoms with E-state index in [4.69, 9.17) is 5.11 Å². The number of carbonyl (C=O) groups is 1. The predicted molar refractivity (Wildman–Crippen MR) is 58.1 cm³/mol. The number of carboxylic acids is 1. The largest absolute Gasteiger partial charge is 0.481 e. The average Bonchev–Trinajstić information content (AvgIpc) is 2.66. The quantitative estimate of drug-likeness (QED) is 0.865. The molecule has 0 saturated heterocycles. The Hall–Kier alpha value is -1.49. The van der Waals surface area contributed by atoms with E-state index in [0.29, 0.717) is 12.1 Å². The molecule has 0 aliphatic carbocycles. The molecule has 5 heteroatoms. The van der Waals surface area contributed by atoms with Gasteiger partial charge in [0.15, 0.2) is 0 Å². The molecular weight excluding hydrogens is 212 g/mol. The Morgan fingerprint density at radius 2 is 2.40 bits per heavy atom. The van der Waals surface area contributed by atoms with Gasteiger partial charge in [0.05, 0.1) is 11.6 Å². The number of fused-ring (bicyclic) bond motifs is 1. The fraction of sp³-hybridized carbons (Fsp3) is 0.300. The Morgan fingerprint density at radius 3 is 3.07 bits per heavy atom. The third-order valence-electron chi connectivity index (χ3n) is 2.33. The minimum Gasteiger partial charge on any atom is -0.481 e. The fourth-order valence-corrected chi connectivity index (χ4v) is 2.31. The van der Waals surface area contributed by atoms with E-state index < -0.39 is 11.9 Å². The van der Waals surface area contributed by atoms with Crippen molar-refractivity contribution >= 4 is 27.5 Å². The highest BCUT2D eigenvalue weighted by Crippen LogP contribution is 2.27. The Labute approximate surface area is 90.6 Å². The summed E-state index contributed by atoms with van der Waals surface area (Å²) < 4.78 is 0. The number of aromatic nitrogens is 2. The molecule has 1 atom stereocenters. The zero-order valence-corrected chi connectivity index (χ0v) is 8.99. The molecule has 0 bridgehead atoms. The second kappa shape index (κ2) is 3.94. The molecule has 0 aliphatic heterocycles. The zero-order valence-electron chi connectivity index (χ0n) is 8.17. The standard InChI is InChI=1S/C10H10N2O2S/c1-2-6(10(13)14)8-7-3-4-15-9(7)12-5-11-8/h3-6H,2H2,1H3,(H,13,14). The third kappa shape index (κ3) is 1.70. The highest BCUT2D eigenvalue weighted by molar-refractivity contribution is 7.16. The van der Waals surface area contributed by atoms with Crippen LogP contribution in [0.15, 0.2) is 17.8 Å². The van der Waals surface area contributed by atoms with Gasteiger partial charge in [0, 0.05) is 5.39 Å². The minimum atomic E-state index is -0.830. The van der Waals surface area contributed by atoms with Crippen molar-refractivity contribution in [2.24, 2.45) is 0 Å². The van der Waals surface area contributed by atoms with Crippen LogP contribution in [0.2, 0.25) is 0 Å². The lowest BCUT2D eigenvalue weighted by Gasteiger charge is -2.09. The van der Waals surface area contributed by atoms with Crippen LogP contribution in [0.5, 0.6) is 0 Å². The van der Waals surface area contributed by atoms with Crippen LogP contribution in [0.3, 0.4) is 0 Å². The normalized spacial score (nSPS) is 12.9. The number of carboxylic acid groups (broad SMARTS) is 1. The first-order valence-corrected chi connectivity index (χ1v) is 5.53. The summed E-state index contributed by atoms with van der Waals surface area (Å²) in [5.41, 5.74) is 0.622. The maximum Gasteiger partial charge on any atom is 0.312 e. The molecule has 0 fully saturated rings. The van der Waals surface area contributed by atoms with Crippen LogP contribution < -0.4 is 0 Å². The highest BCUT2D eigenvalue weighted by atomic mass is 32.1. The van der Waals surface area contributed by atoms with Crippen LogP contribution in [0.1, 0.15) is 25.0 Å². The lowest BCUT2D eigenvalue weighted by Crippen LogP contribution is -2.12. The highest BCUT2D eigenvalue weighted by Gasteiger charge is 2.21. The molecule has 0 radical (unpaired) electrons. The molecule has 1 unspecified atom stereocenters. The van der Waals surface area contributed by atoms with Gasteiger partial charge < -0.3 is 5.11 Å². The first kappa shape index (κ1) is 10.0. The zero-order chi connectivity index (χ0) is 10.8. The summed E-state index contributed by atoms with van der Waals surface area (Å²) in [6.07, 6.45) is 1.97. The van der Waals surface area contributed by atoms with Crippen LogP contribution in [0.4, 0.5) is 0 Å². The van der Waals surface area contributed by atoms with Crippen molar-refractivity contribution < 1.29 is 9.90 Å². The van der Waals surface area contributed by atoms with Crippen molar-refractivity contribution in [1.82, 2.24) is 9.97 Å². The molecule has 0 spiro atoms. The molecule has 0 aliphatic rings. The summed E-state index contributed by atoms with van der Waals surface area (Å²) in [4.78, 5) is 20.1. The summed E-state index contributed by atoms with van der Waals surface area (Å²) in [5, 5.41) is 11.8. The van der Waals surface area contributed by atoms with E-state index in [1.165, 1.54) is 17.7 Å². The number of rotatable bonds is 3. The van der Waals surface area contributed by atoms with Gasteiger partial charge in [-0.2, -0.15) is 0 Å². The van der Waals surface area contributed by atoms with Gasteiger partial charge in [0.2, 0.25) is 0 Å². The third-order valence-corrected chi connectivity index (χ3v) is 3.15. The SMILES string of the molecule is CCC(C(=O)O)c1ncnc2sccc12. The van der Waals surface area contributed by atoms with Crippen molar-refractivity contribution in [2.75, 3.05) is 0 Å². The van der Waals surface area contributed by atoms with Crippen LogP contribution in [-0.4, -0.2) is 21.0 Å². The van der Waals surface area contributed by atoms with Gasteiger partial charge in [0.1, 0.15) is 11.2 Å². The van der Waals surface area contributed by atoms with E-state index in [-0.39, 0.29) is 0 Å². The van der Waals surface area contributed by atoms with E-state index in [0.717, 1.165) is 10.2 Å². The summed E-state index contributed by atoms with van der Waals surface area (Å²) in [6, 6.07) is 1.88. The molecule has 78 valence electrons. The number of nitrogens with zero attached hydrogens (tertiary/aromatic N) is 2. The summed E-state index contributed by atoms with van der Waals surface area (Å²) in [7, 11) is 0. The number of hydrogen-bond acceptors (Lipinski definition) is 4. The molecule has 0 aromatic carbocycles. The molecule has 2 rings (SSSR count). The molecule has 4 nitrogen and oxygen atoms in total. The second-order valence-corrected chi connectivity index (χ2v) is 4.09. The number of thiophene rings is 1. The van der Waals surface area contributed by atoms with E-state index in [1.54, 1.807) is 0 Å². The predicted octanol–water partition coefficient (Wildman–Crippen LogP) is 2.27. The maximum absolute atomic E-state index is 11.0. The van der Waals surface area contributed by atoms with Gasteiger partial charge in [-0.1, -0.05) is 6.92 Å². The number of hydrogen-bond donors (Lipinski definition) is 1. The Balaban J connectivity index is 2.59. The van der Waals surface area contributed by atoms with Crippen molar-refractivity contribution in [1.29, 1.82) is 0 Å². The molecule has 2 heterocycles.